The molecule has 0 spiro atoms. The predicted molar refractivity (Wildman–Crippen MR) is 77.4 cm³/mol. The number of carbonyl (C=O) groups excluding carboxylic acids is 2. The minimum Gasteiger partial charge on any atom is -0.338 e. The highest BCUT2D eigenvalue weighted by Crippen LogP contribution is 2.33. The van der Waals surface area contributed by atoms with Crippen molar-refractivity contribution >= 4 is 17.5 Å². The van der Waals surface area contributed by atoms with Gasteiger partial charge in [0.05, 0.1) is 5.92 Å². The summed E-state index contributed by atoms with van der Waals surface area (Å²) in [5.74, 6) is -0.353. The monoisotopic (exact) mass is 270 g/mol. The van der Waals surface area contributed by atoms with Crippen molar-refractivity contribution in [2.75, 3.05) is 18.4 Å². The highest BCUT2D eigenvalue weighted by atomic mass is 16.2. The Bertz CT molecular complexity index is 592. The molecule has 2 amide bonds. The van der Waals surface area contributed by atoms with Crippen molar-refractivity contribution < 1.29 is 9.59 Å². The maximum Gasteiger partial charge on any atom is 0.231 e. The second kappa shape index (κ2) is 5.12. The van der Waals surface area contributed by atoms with Crippen molar-refractivity contribution in [3.05, 3.63) is 41.5 Å². The van der Waals surface area contributed by atoms with Crippen LogP contribution in [0.3, 0.4) is 0 Å². The van der Waals surface area contributed by atoms with Gasteiger partial charge in [0.15, 0.2) is 0 Å². The number of para-hydroxylation sites is 1. The number of fused-ring (bicyclic) bond motifs is 1. The van der Waals surface area contributed by atoms with E-state index in [0.717, 1.165) is 24.2 Å². The minimum absolute atomic E-state index is 0.0658. The second-order valence-electron chi connectivity index (χ2n) is 5.48. The van der Waals surface area contributed by atoms with Gasteiger partial charge in [-0.05, 0) is 25.0 Å². The number of hydrogen-bond acceptors (Lipinski definition) is 2. The number of anilines is 1. The fourth-order valence-corrected chi connectivity index (χ4v) is 2.82. The summed E-state index contributed by atoms with van der Waals surface area (Å²) in [7, 11) is 0. The Kier molecular flexibility index (Phi) is 3.30. The molecule has 3 rings (SSSR count). The van der Waals surface area contributed by atoms with E-state index in [1.807, 2.05) is 29.2 Å². The number of benzene rings is 1. The van der Waals surface area contributed by atoms with E-state index in [0.29, 0.717) is 6.54 Å². The van der Waals surface area contributed by atoms with Crippen molar-refractivity contribution in [1.29, 1.82) is 0 Å². The molecule has 4 heteroatoms. The lowest BCUT2D eigenvalue weighted by molar-refractivity contribution is -0.134. The van der Waals surface area contributed by atoms with Gasteiger partial charge in [0.25, 0.3) is 0 Å². The van der Waals surface area contributed by atoms with Crippen LogP contribution in [-0.4, -0.2) is 29.8 Å². The lowest BCUT2D eigenvalue weighted by Crippen LogP contribution is -2.40. The first-order valence-corrected chi connectivity index (χ1v) is 6.98. The van der Waals surface area contributed by atoms with Crippen molar-refractivity contribution in [2.45, 2.75) is 25.7 Å². The molecule has 0 saturated heterocycles. The fourth-order valence-electron chi connectivity index (χ4n) is 2.82. The molecule has 0 aromatic heterocycles. The molecule has 4 nitrogen and oxygen atoms in total. The zero-order valence-electron chi connectivity index (χ0n) is 11.6. The number of hydrogen-bond donors (Lipinski definition) is 1. The topological polar surface area (TPSA) is 49.4 Å². The van der Waals surface area contributed by atoms with Gasteiger partial charge in [-0.2, -0.15) is 0 Å². The standard InChI is InChI=1S/C16H18N2O2/c1-11-6-8-18(9-7-11)16(20)13-10-15(19)17-14-5-3-2-4-12(13)14/h2-6,13H,7-10H2,1H3,(H,17,19)/t13-/m1/s1. The van der Waals surface area contributed by atoms with E-state index in [1.54, 1.807) is 0 Å². The van der Waals surface area contributed by atoms with Crippen molar-refractivity contribution in [3.8, 4) is 0 Å². The molecule has 20 heavy (non-hydrogen) atoms. The van der Waals surface area contributed by atoms with Gasteiger partial charge in [-0.1, -0.05) is 29.8 Å². The normalized spacial score (nSPS) is 21.9. The van der Waals surface area contributed by atoms with Crippen molar-refractivity contribution in [2.24, 2.45) is 0 Å². The third kappa shape index (κ3) is 2.33. The molecule has 0 aliphatic carbocycles. The summed E-state index contributed by atoms with van der Waals surface area (Å²) in [5.41, 5.74) is 3.03. The summed E-state index contributed by atoms with van der Waals surface area (Å²) >= 11 is 0. The van der Waals surface area contributed by atoms with Gasteiger partial charge in [0.2, 0.25) is 11.8 Å². The molecule has 2 heterocycles. The molecule has 1 aromatic carbocycles. The maximum absolute atomic E-state index is 12.7. The van der Waals surface area contributed by atoms with Crippen LogP contribution in [0.4, 0.5) is 5.69 Å². The molecule has 0 fully saturated rings. The predicted octanol–water partition coefficient (Wildman–Crippen LogP) is 2.29. The lowest BCUT2D eigenvalue weighted by Gasteiger charge is -2.32. The SMILES string of the molecule is CC1=CCN(C(=O)[C@@H]2CC(=O)Nc3ccccc32)CC1. The van der Waals surface area contributed by atoms with Gasteiger partial charge in [-0.25, -0.2) is 0 Å². The molecule has 2 aliphatic rings. The van der Waals surface area contributed by atoms with Crippen LogP contribution in [0.25, 0.3) is 0 Å². The largest absolute Gasteiger partial charge is 0.338 e. The van der Waals surface area contributed by atoms with E-state index in [-0.39, 0.29) is 24.2 Å². The molecule has 2 aliphatic heterocycles. The quantitative estimate of drug-likeness (QED) is 0.796. The van der Waals surface area contributed by atoms with Crippen molar-refractivity contribution in [3.63, 3.8) is 0 Å². The van der Waals surface area contributed by atoms with Crippen molar-refractivity contribution in [1.82, 2.24) is 4.90 Å². The third-order valence-electron chi connectivity index (χ3n) is 4.05. The zero-order chi connectivity index (χ0) is 14.1. The Morgan fingerprint density at radius 1 is 1.35 bits per heavy atom. The Hall–Kier alpha value is -2.10. The maximum atomic E-state index is 12.7. The molecule has 0 unspecified atom stereocenters. The van der Waals surface area contributed by atoms with Crippen LogP contribution in [0.5, 0.6) is 0 Å². The minimum atomic E-state index is -0.341. The Morgan fingerprint density at radius 2 is 2.15 bits per heavy atom. The molecule has 1 aromatic rings. The number of carbonyl (C=O) groups is 2. The molecule has 0 bridgehead atoms. The molecular formula is C16H18N2O2. The van der Waals surface area contributed by atoms with Crippen LogP contribution in [0.1, 0.15) is 31.2 Å². The van der Waals surface area contributed by atoms with Gasteiger partial charge >= 0.3 is 0 Å². The van der Waals surface area contributed by atoms with Gasteiger partial charge in [0, 0.05) is 25.2 Å². The van der Waals surface area contributed by atoms with Crippen LogP contribution < -0.4 is 5.32 Å². The number of nitrogens with zero attached hydrogens (tertiary/aromatic N) is 1. The van der Waals surface area contributed by atoms with E-state index in [1.165, 1.54) is 5.57 Å². The van der Waals surface area contributed by atoms with Gasteiger partial charge in [-0.15, -0.1) is 0 Å². The van der Waals surface area contributed by atoms with E-state index in [4.69, 9.17) is 0 Å². The van der Waals surface area contributed by atoms with Crippen LogP contribution in [-0.2, 0) is 9.59 Å². The average molecular weight is 270 g/mol. The Labute approximate surface area is 118 Å². The van der Waals surface area contributed by atoms with E-state index >= 15 is 0 Å². The smallest absolute Gasteiger partial charge is 0.231 e. The van der Waals surface area contributed by atoms with E-state index in [9.17, 15) is 9.59 Å². The number of rotatable bonds is 1. The number of nitrogens with one attached hydrogen (secondary N) is 1. The fraction of sp³-hybridized carbons (Fsp3) is 0.375. The van der Waals surface area contributed by atoms with Crippen LogP contribution in [0, 0.1) is 0 Å². The second-order valence-corrected chi connectivity index (χ2v) is 5.48. The van der Waals surface area contributed by atoms with E-state index < -0.39 is 0 Å². The first-order valence-electron chi connectivity index (χ1n) is 6.98. The zero-order valence-corrected chi connectivity index (χ0v) is 11.6. The molecule has 104 valence electrons. The molecule has 0 radical (unpaired) electrons. The highest BCUT2D eigenvalue weighted by Gasteiger charge is 2.33. The first kappa shape index (κ1) is 12.9. The highest BCUT2D eigenvalue weighted by molar-refractivity contribution is 6.01. The lowest BCUT2D eigenvalue weighted by atomic mass is 9.89. The van der Waals surface area contributed by atoms with Crippen LogP contribution in [0.2, 0.25) is 0 Å². The summed E-state index contributed by atoms with van der Waals surface area (Å²) in [6.07, 6.45) is 3.26. The summed E-state index contributed by atoms with van der Waals surface area (Å²) in [6.45, 7) is 3.50. The summed E-state index contributed by atoms with van der Waals surface area (Å²) in [4.78, 5) is 26.3. The third-order valence-corrected chi connectivity index (χ3v) is 4.05. The number of amides is 2. The first-order chi connectivity index (χ1) is 9.65. The summed E-state index contributed by atoms with van der Waals surface area (Å²) < 4.78 is 0. The van der Waals surface area contributed by atoms with Gasteiger partial charge in [-0.3, -0.25) is 9.59 Å². The summed E-state index contributed by atoms with van der Waals surface area (Å²) in [6, 6.07) is 7.57. The van der Waals surface area contributed by atoms with Crippen LogP contribution >= 0.6 is 0 Å². The average Bonchev–Trinajstić information content (AvgIpc) is 2.46. The van der Waals surface area contributed by atoms with E-state index in [2.05, 4.69) is 18.3 Å². The molecular weight excluding hydrogens is 252 g/mol. The molecule has 1 atom stereocenters. The van der Waals surface area contributed by atoms with Crippen LogP contribution in [0.15, 0.2) is 35.9 Å². The Morgan fingerprint density at radius 3 is 2.90 bits per heavy atom. The van der Waals surface area contributed by atoms with Gasteiger partial charge < -0.3 is 10.2 Å². The van der Waals surface area contributed by atoms with Gasteiger partial charge in [0.1, 0.15) is 0 Å². The summed E-state index contributed by atoms with van der Waals surface area (Å²) in [5, 5.41) is 2.83. The molecule has 0 saturated carbocycles. The molecule has 1 N–H and O–H groups in total. The Balaban J connectivity index is 1.87.